The molecule has 1 aromatic carbocycles. The molecule has 1 unspecified atom stereocenters. The number of fused-ring (bicyclic) bond motifs is 1. The second-order valence-corrected chi connectivity index (χ2v) is 8.63. The van der Waals surface area contributed by atoms with E-state index in [-0.39, 0.29) is 24.3 Å². The summed E-state index contributed by atoms with van der Waals surface area (Å²) < 4.78 is 7.52. The quantitative estimate of drug-likeness (QED) is 0.451. The molecule has 32 heavy (non-hydrogen) atoms. The lowest BCUT2D eigenvalue weighted by Gasteiger charge is -2.19. The van der Waals surface area contributed by atoms with Gasteiger partial charge in [-0.2, -0.15) is 0 Å². The average molecular weight is 441 g/mol. The zero-order valence-corrected chi connectivity index (χ0v) is 19.2. The number of hydrogen-bond acceptors (Lipinski definition) is 5. The number of carboxylic acids is 1. The van der Waals surface area contributed by atoms with Crippen molar-refractivity contribution in [3.05, 3.63) is 47.6 Å². The van der Waals surface area contributed by atoms with E-state index in [9.17, 15) is 14.7 Å². The molecule has 0 bridgehead atoms. The van der Waals surface area contributed by atoms with Crippen molar-refractivity contribution in [3.63, 3.8) is 0 Å². The minimum atomic E-state index is -0.924. The van der Waals surface area contributed by atoms with Gasteiger partial charge in [0.15, 0.2) is 0 Å². The number of carbonyl (C=O) groups is 2. The number of nitrogens with zero attached hydrogens (tertiary/aromatic N) is 3. The molecule has 3 rings (SSSR count). The fourth-order valence-electron chi connectivity index (χ4n) is 4.21. The Balaban J connectivity index is 1.93. The van der Waals surface area contributed by atoms with E-state index in [1.807, 2.05) is 26.0 Å². The van der Waals surface area contributed by atoms with Gasteiger partial charge >= 0.3 is 5.97 Å². The summed E-state index contributed by atoms with van der Waals surface area (Å²) in [6.45, 7) is 8.32. The largest absolute Gasteiger partial charge is 0.481 e. The third-order valence-corrected chi connectivity index (χ3v) is 5.67. The van der Waals surface area contributed by atoms with Crippen molar-refractivity contribution < 1.29 is 19.2 Å². The number of hydrogen-bond donors (Lipinski definition) is 2. The van der Waals surface area contributed by atoms with E-state index >= 15 is 0 Å². The van der Waals surface area contributed by atoms with Crippen LogP contribution in [0.4, 0.5) is 0 Å². The molecule has 8 heteroatoms. The normalized spacial score (nSPS) is 12.6. The standard InChI is InChI=1S/C24H32N4O4/c1-5-18(6-2)28-21-8-7-16(24(31)26-17(11-15(3)4)13-23(29)30)12-20(21)27-22(28)14-19-9-10-25-32-19/h7-10,12,15,17-18H,5-6,11,13-14H2,1-4H3,(H,26,31)(H,29,30). The predicted molar refractivity (Wildman–Crippen MR) is 122 cm³/mol. The molecule has 0 aliphatic rings. The van der Waals surface area contributed by atoms with Crippen LogP contribution in [-0.2, 0) is 11.2 Å². The summed E-state index contributed by atoms with van der Waals surface area (Å²) in [7, 11) is 0. The predicted octanol–water partition coefficient (Wildman–Crippen LogP) is 4.60. The minimum Gasteiger partial charge on any atom is -0.481 e. The van der Waals surface area contributed by atoms with Crippen molar-refractivity contribution in [2.75, 3.05) is 0 Å². The highest BCUT2D eigenvalue weighted by Gasteiger charge is 2.21. The molecule has 0 aliphatic heterocycles. The smallest absolute Gasteiger partial charge is 0.305 e. The van der Waals surface area contributed by atoms with Gasteiger partial charge in [-0.3, -0.25) is 9.59 Å². The lowest BCUT2D eigenvalue weighted by atomic mass is 10.0. The molecule has 0 saturated carbocycles. The Morgan fingerprint density at radius 2 is 1.94 bits per heavy atom. The van der Waals surface area contributed by atoms with Crippen molar-refractivity contribution in [2.24, 2.45) is 5.92 Å². The van der Waals surface area contributed by atoms with Gasteiger partial charge in [0, 0.05) is 23.7 Å². The molecule has 0 spiro atoms. The zero-order valence-electron chi connectivity index (χ0n) is 19.2. The molecule has 0 fully saturated rings. The Kier molecular flexibility index (Phi) is 7.66. The maximum absolute atomic E-state index is 12.9. The maximum Gasteiger partial charge on any atom is 0.305 e. The SMILES string of the molecule is CCC(CC)n1c(Cc2ccno2)nc2cc(C(=O)NC(CC(=O)O)CC(C)C)ccc21. The van der Waals surface area contributed by atoms with Crippen molar-refractivity contribution >= 4 is 22.9 Å². The highest BCUT2D eigenvalue weighted by molar-refractivity contribution is 5.97. The molecular formula is C24H32N4O4. The van der Waals surface area contributed by atoms with E-state index in [0.717, 1.165) is 35.5 Å². The van der Waals surface area contributed by atoms with Crippen LogP contribution in [0.1, 0.15) is 81.4 Å². The molecule has 1 atom stereocenters. The summed E-state index contributed by atoms with van der Waals surface area (Å²) in [6.07, 6.45) is 4.55. The molecule has 3 aromatic rings. The molecule has 2 N–H and O–H groups in total. The van der Waals surface area contributed by atoms with Crippen molar-refractivity contribution in [2.45, 2.75) is 71.9 Å². The monoisotopic (exact) mass is 440 g/mol. The van der Waals surface area contributed by atoms with Gasteiger partial charge in [0.2, 0.25) is 0 Å². The van der Waals surface area contributed by atoms with Gasteiger partial charge in [0.1, 0.15) is 11.6 Å². The summed E-state index contributed by atoms with van der Waals surface area (Å²) in [4.78, 5) is 28.9. The fraction of sp³-hybridized carbons (Fsp3) is 0.500. The van der Waals surface area contributed by atoms with Crippen LogP contribution in [0.2, 0.25) is 0 Å². The molecule has 1 amide bonds. The number of aliphatic carboxylic acids is 1. The Labute approximate surface area is 188 Å². The number of imidazole rings is 1. The lowest BCUT2D eigenvalue weighted by Crippen LogP contribution is -2.37. The Hall–Kier alpha value is -3.16. The first-order valence-corrected chi connectivity index (χ1v) is 11.2. The van der Waals surface area contributed by atoms with E-state index in [0.29, 0.717) is 18.4 Å². The second-order valence-electron chi connectivity index (χ2n) is 8.63. The van der Waals surface area contributed by atoms with Crippen LogP contribution in [-0.4, -0.2) is 37.7 Å². The van der Waals surface area contributed by atoms with Gasteiger partial charge in [-0.25, -0.2) is 4.98 Å². The Bertz CT molecular complexity index is 1050. The third kappa shape index (κ3) is 5.55. The molecule has 172 valence electrons. The third-order valence-electron chi connectivity index (χ3n) is 5.67. The van der Waals surface area contributed by atoms with Crippen molar-refractivity contribution in [1.29, 1.82) is 0 Å². The fourth-order valence-corrected chi connectivity index (χ4v) is 4.21. The number of aromatic nitrogens is 3. The van der Waals surface area contributed by atoms with E-state index < -0.39 is 12.0 Å². The van der Waals surface area contributed by atoms with Crippen LogP contribution < -0.4 is 5.32 Å². The Morgan fingerprint density at radius 1 is 1.19 bits per heavy atom. The highest BCUT2D eigenvalue weighted by atomic mass is 16.5. The van der Waals surface area contributed by atoms with Gasteiger partial charge in [-0.05, 0) is 43.4 Å². The van der Waals surface area contributed by atoms with Crippen LogP contribution in [0.5, 0.6) is 0 Å². The lowest BCUT2D eigenvalue weighted by molar-refractivity contribution is -0.137. The van der Waals surface area contributed by atoms with E-state index in [1.165, 1.54) is 0 Å². The number of amides is 1. The summed E-state index contributed by atoms with van der Waals surface area (Å²) in [5.74, 6) is 0.666. The first kappa shape index (κ1) is 23.5. The van der Waals surface area contributed by atoms with Crippen molar-refractivity contribution in [3.8, 4) is 0 Å². The Morgan fingerprint density at radius 3 is 2.53 bits per heavy atom. The van der Waals surface area contributed by atoms with Crippen LogP contribution in [0, 0.1) is 5.92 Å². The molecule has 0 saturated heterocycles. The topological polar surface area (TPSA) is 110 Å². The zero-order chi connectivity index (χ0) is 23.3. The van der Waals surface area contributed by atoms with E-state index in [1.54, 1.807) is 18.3 Å². The number of carbonyl (C=O) groups excluding carboxylic acids is 1. The van der Waals surface area contributed by atoms with Crippen LogP contribution in [0.3, 0.4) is 0 Å². The summed E-state index contributed by atoms with van der Waals surface area (Å²) in [5, 5.41) is 15.9. The van der Waals surface area contributed by atoms with Gasteiger partial charge in [-0.1, -0.05) is 32.9 Å². The molecule has 8 nitrogen and oxygen atoms in total. The van der Waals surface area contributed by atoms with Gasteiger partial charge in [0.05, 0.1) is 30.1 Å². The highest BCUT2D eigenvalue weighted by Crippen LogP contribution is 2.27. The first-order chi connectivity index (χ1) is 15.3. The van der Waals surface area contributed by atoms with Crippen LogP contribution in [0.15, 0.2) is 35.0 Å². The van der Waals surface area contributed by atoms with Gasteiger partial charge < -0.3 is 19.5 Å². The number of rotatable bonds is 11. The molecule has 0 radical (unpaired) electrons. The molecule has 0 aliphatic carbocycles. The average Bonchev–Trinajstić information content (AvgIpc) is 3.36. The van der Waals surface area contributed by atoms with E-state index in [2.05, 4.69) is 28.9 Å². The van der Waals surface area contributed by atoms with Crippen molar-refractivity contribution in [1.82, 2.24) is 20.0 Å². The first-order valence-electron chi connectivity index (χ1n) is 11.2. The molecule has 2 aromatic heterocycles. The van der Waals surface area contributed by atoms with Gasteiger partial charge in [0.25, 0.3) is 5.91 Å². The van der Waals surface area contributed by atoms with E-state index in [4.69, 9.17) is 9.51 Å². The van der Waals surface area contributed by atoms with Crippen LogP contribution >= 0.6 is 0 Å². The van der Waals surface area contributed by atoms with Crippen LogP contribution in [0.25, 0.3) is 11.0 Å². The number of nitrogens with one attached hydrogen (secondary N) is 1. The second kappa shape index (κ2) is 10.4. The summed E-state index contributed by atoms with van der Waals surface area (Å²) in [5.41, 5.74) is 2.17. The van der Waals surface area contributed by atoms with Gasteiger partial charge in [-0.15, -0.1) is 0 Å². The number of benzene rings is 1. The minimum absolute atomic E-state index is 0.100. The number of carboxylic acid groups (broad SMARTS) is 1. The summed E-state index contributed by atoms with van der Waals surface area (Å²) >= 11 is 0. The summed E-state index contributed by atoms with van der Waals surface area (Å²) in [6, 6.07) is 7.17. The maximum atomic E-state index is 12.9. The molecular weight excluding hydrogens is 408 g/mol. The molecule has 2 heterocycles.